The third kappa shape index (κ3) is 4.65. The standard InChI is InChI=1S/C15H27N3/c1-4-6-10-18(11-7-5-2)15-9-8-14(12-17-15)13(3)16/h8-9,12-13H,4-7,10-11,16H2,1-3H3/t13-/m1/s1. The molecule has 0 saturated heterocycles. The van der Waals surface area contributed by atoms with Crippen molar-refractivity contribution in [3.8, 4) is 0 Å². The lowest BCUT2D eigenvalue weighted by Crippen LogP contribution is -2.26. The molecule has 0 saturated carbocycles. The number of aromatic nitrogens is 1. The molecule has 1 aromatic rings. The summed E-state index contributed by atoms with van der Waals surface area (Å²) >= 11 is 0. The Morgan fingerprint density at radius 3 is 2.17 bits per heavy atom. The van der Waals surface area contributed by atoms with Crippen LogP contribution >= 0.6 is 0 Å². The largest absolute Gasteiger partial charge is 0.357 e. The molecule has 0 unspecified atom stereocenters. The number of nitrogens with two attached hydrogens (primary N) is 1. The van der Waals surface area contributed by atoms with Gasteiger partial charge in [-0.2, -0.15) is 0 Å². The van der Waals surface area contributed by atoms with Crippen LogP contribution in [0.25, 0.3) is 0 Å². The molecule has 0 bridgehead atoms. The van der Waals surface area contributed by atoms with Gasteiger partial charge in [-0.3, -0.25) is 0 Å². The predicted octanol–water partition coefficient (Wildman–Crippen LogP) is 3.51. The van der Waals surface area contributed by atoms with Crippen molar-refractivity contribution in [3.63, 3.8) is 0 Å². The SMILES string of the molecule is CCCCN(CCCC)c1ccc([C@@H](C)N)cn1. The zero-order valence-corrected chi connectivity index (χ0v) is 12.0. The molecule has 0 amide bonds. The lowest BCUT2D eigenvalue weighted by molar-refractivity contribution is 0.670. The number of hydrogen-bond donors (Lipinski definition) is 1. The summed E-state index contributed by atoms with van der Waals surface area (Å²) in [6, 6.07) is 4.26. The minimum Gasteiger partial charge on any atom is -0.357 e. The van der Waals surface area contributed by atoms with Gasteiger partial charge in [0.05, 0.1) is 0 Å². The van der Waals surface area contributed by atoms with Crippen molar-refractivity contribution >= 4 is 5.82 Å². The number of nitrogens with zero attached hydrogens (tertiary/aromatic N) is 2. The molecule has 1 aromatic heterocycles. The van der Waals surface area contributed by atoms with Gasteiger partial charge in [0.25, 0.3) is 0 Å². The van der Waals surface area contributed by atoms with E-state index in [2.05, 4.69) is 35.9 Å². The molecule has 3 nitrogen and oxygen atoms in total. The Kier molecular flexibility index (Phi) is 6.73. The van der Waals surface area contributed by atoms with Gasteiger partial charge < -0.3 is 10.6 Å². The molecule has 0 fully saturated rings. The quantitative estimate of drug-likeness (QED) is 0.766. The molecule has 102 valence electrons. The topological polar surface area (TPSA) is 42.1 Å². The van der Waals surface area contributed by atoms with E-state index in [1.54, 1.807) is 0 Å². The number of pyridine rings is 1. The fraction of sp³-hybridized carbons (Fsp3) is 0.667. The van der Waals surface area contributed by atoms with Crippen molar-refractivity contribution in [1.29, 1.82) is 0 Å². The first-order chi connectivity index (χ1) is 8.69. The molecule has 0 aliphatic rings. The van der Waals surface area contributed by atoms with Crippen LogP contribution in [0.3, 0.4) is 0 Å². The number of unbranched alkanes of at least 4 members (excludes halogenated alkanes) is 2. The molecule has 0 aromatic carbocycles. The first kappa shape index (κ1) is 15.0. The maximum atomic E-state index is 5.85. The minimum atomic E-state index is 0.0614. The van der Waals surface area contributed by atoms with Crippen molar-refractivity contribution in [1.82, 2.24) is 4.98 Å². The van der Waals surface area contributed by atoms with Gasteiger partial charge in [0, 0.05) is 25.3 Å². The summed E-state index contributed by atoms with van der Waals surface area (Å²) in [5.74, 6) is 1.08. The molecule has 1 heterocycles. The summed E-state index contributed by atoms with van der Waals surface area (Å²) in [6.45, 7) is 8.64. The molecular weight excluding hydrogens is 222 g/mol. The van der Waals surface area contributed by atoms with Gasteiger partial charge in [0.1, 0.15) is 5.82 Å². The Labute approximate surface area is 111 Å². The smallest absolute Gasteiger partial charge is 0.128 e. The maximum Gasteiger partial charge on any atom is 0.128 e. The van der Waals surface area contributed by atoms with Gasteiger partial charge >= 0.3 is 0 Å². The van der Waals surface area contributed by atoms with Gasteiger partial charge in [-0.05, 0) is 31.4 Å². The Hall–Kier alpha value is -1.09. The Bertz CT molecular complexity index is 311. The third-order valence-electron chi connectivity index (χ3n) is 3.18. The van der Waals surface area contributed by atoms with Crippen LogP contribution in [0.5, 0.6) is 0 Å². The van der Waals surface area contributed by atoms with Crippen LogP contribution in [0.1, 0.15) is 58.1 Å². The zero-order chi connectivity index (χ0) is 13.4. The summed E-state index contributed by atoms with van der Waals surface area (Å²) in [4.78, 5) is 6.94. The Morgan fingerprint density at radius 1 is 1.17 bits per heavy atom. The van der Waals surface area contributed by atoms with Crippen LogP contribution in [-0.2, 0) is 0 Å². The second-order valence-corrected chi connectivity index (χ2v) is 4.93. The van der Waals surface area contributed by atoms with Crippen LogP contribution in [0.15, 0.2) is 18.3 Å². The Balaban J connectivity index is 2.70. The lowest BCUT2D eigenvalue weighted by atomic mass is 10.1. The summed E-state index contributed by atoms with van der Waals surface area (Å²) < 4.78 is 0. The van der Waals surface area contributed by atoms with Crippen LogP contribution in [0.4, 0.5) is 5.82 Å². The minimum absolute atomic E-state index is 0.0614. The first-order valence-corrected chi connectivity index (χ1v) is 7.15. The summed E-state index contributed by atoms with van der Waals surface area (Å²) in [6.07, 6.45) is 6.80. The fourth-order valence-corrected chi connectivity index (χ4v) is 1.89. The molecule has 2 N–H and O–H groups in total. The van der Waals surface area contributed by atoms with Gasteiger partial charge in [-0.15, -0.1) is 0 Å². The van der Waals surface area contributed by atoms with E-state index in [0.717, 1.165) is 24.5 Å². The van der Waals surface area contributed by atoms with Gasteiger partial charge in [0.15, 0.2) is 0 Å². The highest BCUT2D eigenvalue weighted by atomic mass is 15.2. The number of rotatable bonds is 8. The van der Waals surface area contributed by atoms with Crippen molar-refractivity contribution in [2.24, 2.45) is 5.73 Å². The van der Waals surface area contributed by atoms with E-state index < -0.39 is 0 Å². The van der Waals surface area contributed by atoms with E-state index in [0.29, 0.717) is 0 Å². The molecule has 0 spiro atoms. The fourth-order valence-electron chi connectivity index (χ4n) is 1.89. The van der Waals surface area contributed by atoms with E-state index in [-0.39, 0.29) is 6.04 Å². The average molecular weight is 249 g/mol. The molecule has 0 aliphatic carbocycles. The first-order valence-electron chi connectivity index (χ1n) is 7.15. The highest BCUT2D eigenvalue weighted by Crippen LogP contribution is 2.16. The van der Waals surface area contributed by atoms with Crippen molar-refractivity contribution in [3.05, 3.63) is 23.9 Å². The van der Waals surface area contributed by atoms with Crippen LogP contribution in [0.2, 0.25) is 0 Å². The van der Waals surface area contributed by atoms with E-state index in [1.165, 1.54) is 25.7 Å². The van der Waals surface area contributed by atoms with Crippen molar-refractivity contribution in [2.75, 3.05) is 18.0 Å². The highest BCUT2D eigenvalue weighted by molar-refractivity contribution is 5.39. The molecule has 1 atom stereocenters. The van der Waals surface area contributed by atoms with Gasteiger partial charge in [0.2, 0.25) is 0 Å². The monoisotopic (exact) mass is 249 g/mol. The average Bonchev–Trinajstić information content (AvgIpc) is 2.39. The predicted molar refractivity (Wildman–Crippen MR) is 78.9 cm³/mol. The van der Waals surface area contributed by atoms with Crippen molar-refractivity contribution < 1.29 is 0 Å². The third-order valence-corrected chi connectivity index (χ3v) is 3.18. The number of anilines is 1. The molecule has 0 radical (unpaired) electrons. The summed E-state index contributed by atoms with van der Waals surface area (Å²) in [5.41, 5.74) is 6.95. The van der Waals surface area contributed by atoms with Crippen LogP contribution in [0, 0.1) is 0 Å². The molecule has 18 heavy (non-hydrogen) atoms. The van der Waals surface area contributed by atoms with E-state index in [4.69, 9.17) is 5.73 Å². The van der Waals surface area contributed by atoms with E-state index >= 15 is 0 Å². The second-order valence-electron chi connectivity index (χ2n) is 4.93. The molecule has 0 aliphatic heterocycles. The summed E-state index contributed by atoms with van der Waals surface area (Å²) in [5, 5.41) is 0. The van der Waals surface area contributed by atoms with E-state index in [9.17, 15) is 0 Å². The highest BCUT2D eigenvalue weighted by Gasteiger charge is 2.07. The maximum absolute atomic E-state index is 5.85. The molecule has 3 heteroatoms. The zero-order valence-electron chi connectivity index (χ0n) is 12.0. The van der Waals surface area contributed by atoms with Crippen LogP contribution < -0.4 is 10.6 Å². The van der Waals surface area contributed by atoms with Crippen molar-refractivity contribution in [2.45, 2.75) is 52.5 Å². The normalized spacial score (nSPS) is 12.4. The van der Waals surface area contributed by atoms with Crippen LogP contribution in [-0.4, -0.2) is 18.1 Å². The van der Waals surface area contributed by atoms with Gasteiger partial charge in [-0.1, -0.05) is 32.8 Å². The summed E-state index contributed by atoms with van der Waals surface area (Å²) in [7, 11) is 0. The Morgan fingerprint density at radius 2 is 1.78 bits per heavy atom. The molecular formula is C15H27N3. The number of hydrogen-bond acceptors (Lipinski definition) is 3. The lowest BCUT2D eigenvalue weighted by Gasteiger charge is -2.23. The van der Waals surface area contributed by atoms with Gasteiger partial charge in [-0.25, -0.2) is 4.98 Å². The van der Waals surface area contributed by atoms with E-state index in [1.807, 2.05) is 13.1 Å². The second kappa shape index (κ2) is 8.09. The molecule has 1 rings (SSSR count).